The minimum atomic E-state index is -1.06. The second-order valence-corrected chi connectivity index (χ2v) is 9.06. The van der Waals surface area contributed by atoms with E-state index in [4.69, 9.17) is 16.3 Å². The lowest BCUT2D eigenvalue weighted by Gasteiger charge is -2.26. The fourth-order valence-electron chi connectivity index (χ4n) is 3.45. The van der Waals surface area contributed by atoms with Crippen molar-refractivity contribution in [2.24, 2.45) is 0 Å². The number of nitro benzene ring substituents is 1. The van der Waals surface area contributed by atoms with Crippen LogP contribution < -0.4 is 20.3 Å². The Bertz CT molecular complexity index is 1530. The summed E-state index contributed by atoms with van der Waals surface area (Å²) in [7, 11) is 0. The van der Waals surface area contributed by atoms with E-state index in [2.05, 4.69) is 26.6 Å². The number of non-ortho nitro benzene ring substituents is 1. The Morgan fingerprint density at radius 2 is 1.87 bits per heavy atom. The molecule has 1 heterocycles. The number of amides is 5. The lowest BCUT2D eigenvalue weighted by Crippen LogP contribution is -2.54. The maximum atomic E-state index is 13.2. The zero-order valence-electron chi connectivity index (χ0n) is 19.1. The minimum Gasteiger partial charge on any atom is -0.483 e. The van der Waals surface area contributed by atoms with Gasteiger partial charge in [0, 0.05) is 22.2 Å². The van der Waals surface area contributed by atoms with Gasteiger partial charge < -0.3 is 10.1 Å². The second kappa shape index (κ2) is 11.2. The van der Waals surface area contributed by atoms with Crippen molar-refractivity contribution in [1.82, 2.24) is 5.32 Å². The number of nitro groups is 1. The zero-order chi connectivity index (χ0) is 27.4. The number of ether oxygens (including phenoxy) is 1. The van der Waals surface area contributed by atoms with Gasteiger partial charge in [0.05, 0.1) is 21.3 Å². The molecule has 0 saturated carbocycles. The molecule has 38 heavy (non-hydrogen) atoms. The predicted molar refractivity (Wildman–Crippen MR) is 142 cm³/mol. The van der Waals surface area contributed by atoms with Crippen LogP contribution in [-0.2, 0) is 14.4 Å². The quantitative estimate of drug-likeness (QED) is 0.173. The Labute approximate surface area is 228 Å². The van der Waals surface area contributed by atoms with Crippen molar-refractivity contribution in [2.75, 3.05) is 16.8 Å². The summed E-state index contributed by atoms with van der Waals surface area (Å²) in [4.78, 5) is 61.7. The van der Waals surface area contributed by atoms with Gasteiger partial charge >= 0.3 is 6.03 Å². The molecule has 1 aliphatic heterocycles. The third-order valence-corrected chi connectivity index (χ3v) is 6.00. The summed E-state index contributed by atoms with van der Waals surface area (Å²) in [6.07, 6.45) is 1.19. The summed E-state index contributed by atoms with van der Waals surface area (Å²) >= 11 is 9.37. The number of para-hydroxylation sites is 1. The summed E-state index contributed by atoms with van der Waals surface area (Å²) < 4.78 is 6.21. The number of halogens is 2. The fourth-order valence-corrected chi connectivity index (χ4v) is 4.01. The number of rotatable bonds is 7. The van der Waals surface area contributed by atoms with Crippen molar-refractivity contribution in [3.63, 3.8) is 0 Å². The van der Waals surface area contributed by atoms with Crippen LogP contribution in [0, 0.1) is 10.1 Å². The second-order valence-electron chi connectivity index (χ2n) is 7.73. The standard InChI is InChI=1S/C25H16BrClN4O7/c26-15-8-9-21(38-13-22(32)28-20-7-2-1-6-19(20)27)14(10-15)11-18-23(33)29-25(35)30(24(18)34)16-4-3-5-17(12-16)31(36)37/h1-12H,13H2,(H,28,32)(H,29,33,35)/b18-11-. The maximum Gasteiger partial charge on any atom is 0.335 e. The van der Waals surface area contributed by atoms with Crippen LogP contribution in [0.5, 0.6) is 5.75 Å². The van der Waals surface area contributed by atoms with Gasteiger partial charge in [-0.3, -0.25) is 29.8 Å². The van der Waals surface area contributed by atoms with Gasteiger partial charge in [0.1, 0.15) is 11.3 Å². The molecule has 0 aromatic heterocycles. The van der Waals surface area contributed by atoms with Crippen LogP contribution in [0.1, 0.15) is 5.56 Å². The van der Waals surface area contributed by atoms with Gasteiger partial charge in [0.2, 0.25) is 0 Å². The summed E-state index contributed by atoms with van der Waals surface area (Å²) in [6.45, 7) is -0.415. The largest absolute Gasteiger partial charge is 0.483 e. The smallest absolute Gasteiger partial charge is 0.335 e. The first-order valence-electron chi connectivity index (χ1n) is 10.8. The molecule has 2 N–H and O–H groups in total. The summed E-state index contributed by atoms with van der Waals surface area (Å²) in [6, 6.07) is 15.2. The lowest BCUT2D eigenvalue weighted by molar-refractivity contribution is -0.384. The molecule has 1 saturated heterocycles. The highest BCUT2D eigenvalue weighted by Gasteiger charge is 2.37. The van der Waals surface area contributed by atoms with E-state index in [-0.39, 0.29) is 22.7 Å². The molecule has 5 amide bonds. The number of nitrogens with one attached hydrogen (secondary N) is 2. The summed E-state index contributed by atoms with van der Waals surface area (Å²) in [5, 5.41) is 16.2. The highest BCUT2D eigenvalue weighted by molar-refractivity contribution is 9.10. The van der Waals surface area contributed by atoms with Crippen LogP contribution in [0.2, 0.25) is 5.02 Å². The van der Waals surface area contributed by atoms with E-state index in [1.54, 1.807) is 36.4 Å². The van der Waals surface area contributed by atoms with E-state index in [0.717, 1.165) is 6.07 Å². The average molecular weight is 600 g/mol. The monoisotopic (exact) mass is 598 g/mol. The van der Waals surface area contributed by atoms with E-state index in [1.165, 1.54) is 30.3 Å². The van der Waals surface area contributed by atoms with Gasteiger partial charge in [-0.15, -0.1) is 0 Å². The molecule has 13 heteroatoms. The number of nitrogens with zero attached hydrogens (tertiary/aromatic N) is 2. The highest BCUT2D eigenvalue weighted by atomic mass is 79.9. The molecule has 1 fully saturated rings. The fraction of sp³-hybridized carbons (Fsp3) is 0.0400. The van der Waals surface area contributed by atoms with Crippen LogP contribution in [0.3, 0.4) is 0 Å². The van der Waals surface area contributed by atoms with Crippen LogP contribution in [0.4, 0.5) is 21.9 Å². The number of carbonyl (C=O) groups excluding carboxylic acids is 4. The first-order chi connectivity index (χ1) is 18.1. The van der Waals surface area contributed by atoms with Crippen molar-refractivity contribution in [3.8, 4) is 5.75 Å². The number of urea groups is 1. The Morgan fingerprint density at radius 1 is 1.11 bits per heavy atom. The number of imide groups is 2. The zero-order valence-corrected chi connectivity index (χ0v) is 21.5. The molecular formula is C25H16BrClN4O7. The van der Waals surface area contributed by atoms with Gasteiger partial charge in [-0.1, -0.05) is 45.7 Å². The van der Waals surface area contributed by atoms with Crippen LogP contribution in [0.15, 0.2) is 76.8 Å². The number of hydrogen-bond acceptors (Lipinski definition) is 7. The Balaban J connectivity index is 1.60. The molecule has 1 aliphatic rings. The molecule has 11 nitrogen and oxygen atoms in total. The lowest BCUT2D eigenvalue weighted by atomic mass is 10.1. The topological polar surface area (TPSA) is 148 Å². The van der Waals surface area contributed by atoms with Crippen molar-refractivity contribution >= 4 is 74.4 Å². The van der Waals surface area contributed by atoms with Crippen molar-refractivity contribution < 1.29 is 28.8 Å². The molecule has 3 aromatic carbocycles. The van der Waals surface area contributed by atoms with Gasteiger partial charge in [-0.2, -0.15) is 0 Å². The van der Waals surface area contributed by atoms with Crippen LogP contribution in [-0.4, -0.2) is 35.3 Å². The third kappa shape index (κ3) is 5.88. The molecular weight excluding hydrogens is 584 g/mol. The Morgan fingerprint density at radius 3 is 2.61 bits per heavy atom. The molecule has 192 valence electrons. The number of barbiturate groups is 1. The molecule has 4 rings (SSSR count). The van der Waals surface area contributed by atoms with Gasteiger partial charge in [0.15, 0.2) is 6.61 Å². The predicted octanol–water partition coefficient (Wildman–Crippen LogP) is 4.69. The third-order valence-electron chi connectivity index (χ3n) is 5.18. The number of hydrogen-bond donors (Lipinski definition) is 2. The number of anilines is 2. The van der Waals surface area contributed by atoms with Gasteiger partial charge in [0.25, 0.3) is 23.4 Å². The van der Waals surface area contributed by atoms with E-state index >= 15 is 0 Å². The van der Waals surface area contributed by atoms with Crippen molar-refractivity contribution in [2.45, 2.75) is 0 Å². The van der Waals surface area contributed by atoms with E-state index < -0.39 is 40.9 Å². The first kappa shape index (κ1) is 26.5. The first-order valence-corrected chi connectivity index (χ1v) is 11.9. The van der Waals surface area contributed by atoms with Crippen molar-refractivity contribution in [3.05, 3.63) is 97.5 Å². The number of carbonyl (C=O) groups is 4. The molecule has 0 spiro atoms. The van der Waals surface area contributed by atoms with Gasteiger partial charge in [-0.05, 0) is 42.5 Å². The van der Waals surface area contributed by atoms with E-state index in [9.17, 15) is 29.3 Å². The van der Waals surface area contributed by atoms with Crippen molar-refractivity contribution in [1.29, 1.82) is 0 Å². The van der Waals surface area contributed by atoms with Crippen LogP contribution in [0.25, 0.3) is 6.08 Å². The molecule has 0 atom stereocenters. The SMILES string of the molecule is O=C(COc1ccc(Br)cc1/C=C1/C(=O)NC(=O)N(c2cccc([N+](=O)[O-])c2)C1=O)Nc1ccccc1Cl. The minimum absolute atomic E-state index is 0.0953. The average Bonchev–Trinajstić information content (AvgIpc) is 2.87. The Hall–Kier alpha value is -4.55. The molecule has 3 aromatic rings. The summed E-state index contributed by atoms with van der Waals surface area (Å²) in [5.41, 5.74) is -0.224. The van der Waals surface area contributed by atoms with E-state index in [1.807, 2.05) is 0 Å². The molecule has 0 radical (unpaired) electrons. The van der Waals surface area contributed by atoms with Crippen LogP contribution >= 0.6 is 27.5 Å². The molecule has 0 unspecified atom stereocenters. The highest BCUT2D eigenvalue weighted by Crippen LogP contribution is 2.29. The Kier molecular flexibility index (Phi) is 7.84. The molecule has 0 bridgehead atoms. The number of benzene rings is 3. The maximum absolute atomic E-state index is 13.2. The van der Waals surface area contributed by atoms with Gasteiger partial charge in [-0.25, -0.2) is 9.69 Å². The molecule has 0 aliphatic carbocycles. The summed E-state index contributed by atoms with van der Waals surface area (Å²) in [5.74, 6) is -2.31. The normalized spacial score (nSPS) is 14.3. The van der Waals surface area contributed by atoms with E-state index in [0.29, 0.717) is 20.1 Å².